The van der Waals surface area contributed by atoms with Gasteiger partial charge < -0.3 is 10.0 Å². The van der Waals surface area contributed by atoms with Crippen molar-refractivity contribution >= 4 is 15.8 Å². The summed E-state index contributed by atoms with van der Waals surface area (Å²) in [5.74, 6) is -0.476. The molecular formula is C13H17NO4S. The molecule has 1 aromatic carbocycles. The van der Waals surface area contributed by atoms with Crippen molar-refractivity contribution in [2.75, 3.05) is 31.1 Å². The molecule has 1 fully saturated rings. The van der Waals surface area contributed by atoms with Crippen LogP contribution in [0.15, 0.2) is 24.3 Å². The van der Waals surface area contributed by atoms with E-state index in [4.69, 9.17) is 5.11 Å². The minimum atomic E-state index is -2.84. The van der Waals surface area contributed by atoms with Gasteiger partial charge in [-0.25, -0.2) is 13.2 Å². The van der Waals surface area contributed by atoms with Crippen molar-refractivity contribution in [2.24, 2.45) is 0 Å². The zero-order chi connectivity index (χ0) is 13.9. The van der Waals surface area contributed by atoms with Gasteiger partial charge in [-0.15, -0.1) is 0 Å². The molecule has 0 aromatic heterocycles. The molecule has 19 heavy (non-hydrogen) atoms. The van der Waals surface area contributed by atoms with Crippen molar-refractivity contribution in [2.45, 2.75) is 6.42 Å². The summed E-state index contributed by atoms with van der Waals surface area (Å²) in [7, 11) is -2.84. The highest BCUT2D eigenvalue weighted by Gasteiger charge is 2.20. The van der Waals surface area contributed by atoms with Crippen LogP contribution in [-0.4, -0.2) is 55.5 Å². The Hall–Kier alpha value is -1.40. The minimum Gasteiger partial charge on any atom is -0.478 e. The molecule has 1 aliphatic rings. The molecule has 0 amide bonds. The first-order valence-corrected chi connectivity index (χ1v) is 8.03. The quantitative estimate of drug-likeness (QED) is 0.878. The van der Waals surface area contributed by atoms with Gasteiger partial charge in [0.1, 0.15) is 0 Å². The van der Waals surface area contributed by atoms with E-state index in [9.17, 15) is 13.2 Å². The lowest BCUT2D eigenvalue weighted by molar-refractivity contribution is 0.0696. The van der Waals surface area contributed by atoms with Crippen LogP contribution in [0, 0.1) is 0 Å². The topological polar surface area (TPSA) is 74.7 Å². The molecule has 5 nitrogen and oxygen atoms in total. The van der Waals surface area contributed by atoms with Gasteiger partial charge in [0.05, 0.1) is 17.1 Å². The molecule has 0 atom stereocenters. The van der Waals surface area contributed by atoms with Crippen LogP contribution in [-0.2, 0) is 16.3 Å². The van der Waals surface area contributed by atoms with Crippen molar-refractivity contribution in [1.82, 2.24) is 4.90 Å². The Balaban J connectivity index is 1.89. The summed E-state index contributed by atoms with van der Waals surface area (Å²) in [5, 5.41) is 8.91. The third-order valence-electron chi connectivity index (χ3n) is 3.33. The van der Waals surface area contributed by atoms with E-state index in [1.165, 1.54) is 0 Å². The molecule has 1 N–H and O–H groups in total. The molecule has 1 aromatic rings. The zero-order valence-corrected chi connectivity index (χ0v) is 11.4. The van der Waals surface area contributed by atoms with Crippen LogP contribution in [0.25, 0.3) is 0 Å². The molecule has 104 valence electrons. The number of carbonyl (C=O) groups is 1. The monoisotopic (exact) mass is 283 g/mol. The molecule has 1 saturated heterocycles. The summed E-state index contributed by atoms with van der Waals surface area (Å²) >= 11 is 0. The number of rotatable bonds is 4. The first-order valence-electron chi connectivity index (χ1n) is 6.21. The summed E-state index contributed by atoms with van der Waals surface area (Å²) < 4.78 is 22.6. The van der Waals surface area contributed by atoms with E-state index in [0.29, 0.717) is 18.7 Å². The van der Waals surface area contributed by atoms with Crippen LogP contribution >= 0.6 is 0 Å². The third kappa shape index (κ3) is 4.04. The SMILES string of the molecule is O=C(O)c1cccc(CCN2CCS(=O)(=O)CC2)c1. The highest BCUT2D eigenvalue weighted by atomic mass is 32.2. The summed E-state index contributed by atoms with van der Waals surface area (Å²) in [6.45, 7) is 1.90. The van der Waals surface area contributed by atoms with Crippen LogP contribution in [0.1, 0.15) is 15.9 Å². The average Bonchev–Trinajstić information content (AvgIpc) is 2.38. The highest BCUT2D eigenvalue weighted by molar-refractivity contribution is 7.91. The van der Waals surface area contributed by atoms with Crippen molar-refractivity contribution < 1.29 is 18.3 Å². The molecule has 6 heteroatoms. The van der Waals surface area contributed by atoms with Crippen LogP contribution in [0.3, 0.4) is 0 Å². The number of nitrogens with zero attached hydrogens (tertiary/aromatic N) is 1. The Morgan fingerprint density at radius 1 is 1.26 bits per heavy atom. The predicted octanol–water partition coefficient (Wildman–Crippen LogP) is 0.658. The van der Waals surface area contributed by atoms with E-state index in [2.05, 4.69) is 4.90 Å². The third-order valence-corrected chi connectivity index (χ3v) is 4.94. The second-order valence-corrected chi connectivity index (χ2v) is 7.05. The number of aromatic carboxylic acids is 1. The molecule has 0 unspecified atom stereocenters. The second kappa shape index (κ2) is 5.71. The van der Waals surface area contributed by atoms with Gasteiger partial charge in [-0.2, -0.15) is 0 Å². The minimum absolute atomic E-state index is 0.224. The number of benzene rings is 1. The van der Waals surface area contributed by atoms with Crippen molar-refractivity contribution in [1.29, 1.82) is 0 Å². The van der Waals surface area contributed by atoms with Gasteiger partial charge in [0.2, 0.25) is 0 Å². The molecule has 1 heterocycles. The summed E-state index contributed by atoms with van der Waals surface area (Å²) in [6.07, 6.45) is 0.737. The van der Waals surface area contributed by atoms with E-state index < -0.39 is 15.8 Å². The fourth-order valence-corrected chi connectivity index (χ4v) is 3.40. The number of sulfone groups is 1. The maximum atomic E-state index is 11.3. The van der Waals surface area contributed by atoms with E-state index in [1.807, 2.05) is 6.07 Å². The fraction of sp³-hybridized carbons (Fsp3) is 0.462. The Morgan fingerprint density at radius 2 is 1.95 bits per heavy atom. The summed E-state index contributed by atoms with van der Waals surface area (Å²) in [4.78, 5) is 13.0. The average molecular weight is 283 g/mol. The van der Waals surface area contributed by atoms with E-state index in [-0.39, 0.29) is 11.5 Å². The lowest BCUT2D eigenvalue weighted by Crippen LogP contribution is -2.41. The Morgan fingerprint density at radius 3 is 2.58 bits per heavy atom. The standard InChI is InChI=1S/C13H17NO4S/c15-13(16)12-3-1-2-11(10-12)4-5-14-6-8-19(17,18)9-7-14/h1-3,10H,4-9H2,(H,15,16). The van der Waals surface area contributed by atoms with E-state index >= 15 is 0 Å². The maximum Gasteiger partial charge on any atom is 0.335 e. The van der Waals surface area contributed by atoms with Gasteiger partial charge in [0, 0.05) is 19.6 Å². The van der Waals surface area contributed by atoms with Crippen LogP contribution < -0.4 is 0 Å². The molecule has 0 saturated carbocycles. The number of carboxylic acids is 1. The van der Waals surface area contributed by atoms with E-state index in [1.54, 1.807) is 18.2 Å². The van der Waals surface area contributed by atoms with Crippen LogP contribution in [0.4, 0.5) is 0 Å². The molecule has 0 bridgehead atoms. The molecule has 0 radical (unpaired) electrons. The first-order chi connectivity index (χ1) is 8.96. The second-order valence-electron chi connectivity index (χ2n) is 4.75. The van der Waals surface area contributed by atoms with Gasteiger partial charge in [-0.1, -0.05) is 12.1 Å². The summed E-state index contributed by atoms with van der Waals surface area (Å²) in [6, 6.07) is 6.87. The number of hydrogen-bond acceptors (Lipinski definition) is 4. The highest BCUT2D eigenvalue weighted by Crippen LogP contribution is 2.09. The Bertz CT molecular complexity index is 554. The molecule has 1 aliphatic heterocycles. The number of hydrogen-bond donors (Lipinski definition) is 1. The number of carboxylic acid groups (broad SMARTS) is 1. The van der Waals surface area contributed by atoms with Crippen LogP contribution in [0.2, 0.25) is 0 Å². The molecule has 2 rings (SSSR count). The van der Waals surface area contributed by atoms with Crippen molar-refractivity contribution in [3.8, 4) is 0 Å². The zero-order valence-electron chi connectivity index (χ0n) is 10.6. The Kier molecular flexibility index (Phi) is 4.21. The van der Waals surface area contributed by atoms with E-state index in [0.717, 1.165) is 18.5 Å². The molecule has 0 spiro atoms. The van der Waals surface area contributed by atoms with Gasteiger partial charge in [-0.05, 0) is 24.1 Å². The van der Waals surface area contributed by atoms with Crippen molar-refractivity contribution in [3.05, 3.63) is 35.4 Å². The first kappa shape index (κ1) is 14.0. The van der Waals surface area contributed by atoms with Crippen LogP contribution in [0.5, 0.6) is 0 Å². The molecule has 0 aliphatic carbocycles. The largest absolute Gasteiger partial charge is 0.478 e. The predicted molar refractivity (Wildman–Crippen MR) is 72.2 cm³/mol. The van der Waals surface area contributed by atoms with Gasteiger partial charge >= 0.3 is 5.97 Å². The fourth-order valence-electron chi connectivity index (χ4n) is 2.12. The lowest BCUT2D eigenvalue weighted by atomic mass is 10.1. The Labute approximate surface area is 112 Å². The van der Waals surface area contributed by atoms with Gasteiger partial charge in [0.15, 0.2) is 9.84 Å². The lowest BCUT2D eigenvalue weighted by Gasteiger charge is -2.26. The van der Waals surface area contributed by atoms with Gasteiger partial charge in [0.25, 0.3) is 0 Å². The smallest absolute Gasteiger partial charge is 0.335 e. The van der Waals surface area contributed by atoms with Crippen molar-refractivity contribution in [3.63, 3.8) is 0 Å². The summed E-state index contributed by atoms with van der Waals surface area (Å²) in [5.41, 5.74) is 1.26. The molecular weight excluding hydrogens is 266 g/mol. The maximum absolute atomic E-state index is 11.3. The normalized spacial score (nSPS) is 19.2. The van der Waals surface area contributed by atoms with Gasteiger partial charge in [-0.3, -0.25) is 0 Å².